The summed E-state index contributed by atoms with van der Waals surface area (Å²) < 4.78 is 0. The number of likely N-dealkylation sites (tertiary alicyclic amines) is 1. The Balaban J connectivity index is 2.15. The van der Waals surface area contributed by atoms with E-state index in [0.29, 0.717) is 18.5 Å². The predicted octanol–water partition coefficient (Wildman–Crippen LogP) is 2.25. The van der Waals surface area contributed by atoms with E-state index < -0.39 is 0 Å². The first-order valence-electron chi connectivity index (χ1n) is 8.67. The number of carbonyl (C=O) groups is 1. The molecule has 4 heteroatoms. The van der Waals surface area contributed by atoms with Crippen LogP contribution in [0.3, 0.4) is 0 Å². The molecule has 0 aromatic carbocycles. The highest BCUT2D eigenvalue weighted by molar-refractivity contribution is 5.78. The summed E-state index contributed by atoms with van der Waals surface area (Å²) >= 11 is 0. The minimum Gasteiger partial charge on any atom is -0.353 e. The van der Waals surface area contributed by atoms with Crippen LogP contribution in [0, 0.1) is 11.8 Å². The third-order valence-electron chi connectivity index (χ3n) is 4.46. The molecule has 1 unspecified atom stereocenters. The molecule has 4 nitrogen and oxygen atoms in total. The monoisotopic (exact) mass is 297 g/mol. The van der Waals surface area contributed by atoms with Gasteiger partial charge in [0, 0.05) is 6.04 Å². The van der Waals surface area contributed by atoms with Gasteiger partial charge < -0.3 is 10.6 Å². The number of nitrogens with zero attached hydrogens (tertiary/aromatic N) is 1. The molecule has 2 N–H and O–H groups in total. The van der Waals surface area contributed by atoms with Gasteiger partial charge in [-0.1, -0.05) is 13.8 Å². The van der Waals surface area contributed by atoms with Crippen LogP contribution in [0.2, 0.25) is 0 Å². The van der Waals surface area contributed by atoms with Crippen LogP contribution in [-0.2, 0) is 4.79 Å². The molecule has 1 atom stereocenters. The zero-order valence-corrected chi connectivity index (χ0v) is 14.5. The van der Waals surface area contributed by atoms with Crippen LogP contribution in [-0.4, -0.2) is 50.1 Å². The van der Waals surface area contributed by atoms with Crippen LogP contribution in [0.15, 0.2) is 0 Å². The van der Waals surface area contributed by atoms with Crippen molar-refractivity contribution in [3.8, 4) is 0 Å². The predicted molar refractivity (Wildman–Crippen MR) is 89.4 cm³/mol. The average molecular weight is 297 g/mol. The lowest BCUT2D eigenvalue weighted by Gasteiger charge is -2.31. The molecule has 1 saturated heterocycles. The maximum absolute atomic E-state index is 12.1. The quantitative estimate of drug-likeness (QED) is 0.686. The number of carbonyl (C=O) groups excluding carboxylic acids is 1. The van der Waals surface area contributed by atoms with Crippen LogP contribution in [0.5, 0.6) is 0 Å². The number of hydrogen-bond donors (Lipinski definition) is 2. The molecule has 0 aromatic heterocycles. The van der Waals surface area contributed by atoms with E-state index in [0.717, 1.165) is 32.0 Å². The van der Waals surface area contributed by atoms with Crippen molar-refractivity contribution in [3.63, 3.8) is 0 Å². The van der Waals surface area contributed by atoms with Crippen molar-refractivity contribution in [2.45, 2.75) is 58.9 Å². The van der Waals surface area contributed by atoms with Gasteiger partial charge in [0.05, 0.1) is 6.54 Å². The Morgan fingerprint density at radius 2 is 1.86 bits per heavy atom. The maximum Gasteiger partial charge on any atom is 0.234 e. The molecule has 0 radical (unpaired) electrons. The summed E-state index contributed by atoms with van der Waals surface area (Å²) in [5.74, 6) is 1.74. The molecule has 1 amide bonds. The highest BCUT2D eigenvalue weighted by Gasteiger charge is 2.20. The van der Waals surface area contributed by atoms with Gasteiger partial charge in [-0.2, -0.15) is 0 Å². The molecular formula is C17H35N3O. The summed E-state index contributed by atoms with van der Waals surface area (Å²) in [6.07, 6.45) is 5.99. The molecule has 0 aromatic rings. The van der Waals surface area contributed by atoms with Gasteiger partial charge in [0.15, 0.2) is 0 Å². The van der Waals surface area contributed by atoms with Crippen molar-refractivity contribution < 1.29 is 4.79 Å². The minimum atomic E-state index is 0.194. The lowest BCUT2D eigenvalue weighted by Crippen LogP contribution is -2.44. The van der Waals surface area contributed by atoms with Crippen molar-refractivity contribution in [3.05, 3.63) is 0 Å². The summed E-state index contributed by atoms with van der Waals surface area (Å²) in [5, 5.41) is 6.36. The van der Waals surface area contributed by atoms with Gasteiger partial charge in [-0.15, -0.1) is 0 Å². The molecule has 1 heterocycles. The van der Waals surface area contributed by atoms with E-state index >= 15 is 0 Å². The molecular weight excluding hydrogens is 262 g/mol. The zero-order valence-electron chi connectivity index (χ0n) is 14.5. The van der Waals surface area contributed by atoms with E-state index in [1.165, 1.54) is 25.7 Å². The Bertz CT molecular complexity index is 286. The molecule has 0 spiro atoms. The fourth-order valence-electron chi connectivity index (χ4n) is 2.96. The van der Waals surface area contributed by atoms with Gasteiger partial charge in [-0.05, 0) is 77.5 Å². The first-order valence-corrected chi connectivity index (χ1v) is 8.67. The molecule has 21 heavy (non-hydrogen) atoms. The first-order chi connectivity index (χ1) is 10.0. The zero-order chi connectivity index (χ0) is 15.7. The summed E-state index contributed by atoms with van der Waals surface area (Å²) in [6, 6.07) is 0.299. The third-order valence-corrected chi connectivity index (χ3v) is 4.46. The van der Waals surface area contributed by atoms with Crippen molar-refractivity contribution in [1.29, 1.82) is 0 Å². The van der Waals surface area contributed by atoms with E-state index in [-0.39, 0.29) is 5.91 Å². The molecule has 1 fully saturated rings. The van der Waals surface area contributed by atoms with Crippen molar-refractivity contribution in [2.75, 3.05) is 33.2 Å². The SMILES string of the molecule is CNCCC1CCN(CC(=O)NC(C)CCC(C)C)CC1. The lowest BCUT2D eigenvalue weighted by atomic mass is 9.93. The van der Waals surface area contributed by atoms with E-state index in [9.17, 15) is 4.79 Å². The Hall–Kier alpha value is -0.610. The Morgan fingerprint density at radius 3 is 2.43 bits per heavy atom. The number of nitrogens with one attached hydrogen (secondary N) is 2. The highest BCUT2D eigenvalue weighted by atomic mass is 16.2. The van der Waals surface area contributed by atoms with E-state index in [2.05, 4.69) is 36.3 Å². The second-order valence-electron chi connectivity index (χ2n) is 7.05. The highest BCUT2D eigenvalue weighted by Crippen LogP contribution is 2.19. The summed E-state index contributed by atoms with van der Waals surface area (Å²) in [7, 11) is 2.01. The molecule has 0 saturated carbocycles. The van der Waals surface area contributed by atoms with Crippen LogP contribution in [0.4, 0.5) is 0 Å². The molecule has 1 aliphatic heterocycles. The number of rotatable bonds is 9. The molecule has 1 rings (SSSR count). The Kier molecular flexibility index (Phi) is 8.93. The maximum atomic E-state index is 12.1. The molecule has 124 valence electrons. The third kappa shape index (κ3) is 8.42. The summed E-state index contributed by atoms with van der Waals surface area (Å²) in [4.78, 5) is 14.4. The van der Waals surface area contributed by atoms with Gasteiger partial charge in [-0.3, -0.25) is 9.69 Å². The van der Waals surface area contributed by atoms with Gasteiger partial charge in [-0.25, -0.2) is 0 Å². The van der Waals surface area contributed by atoms with Crippen LogP contribution in [0.1, 0.15) is 52.9 Å². The largest absolute Gasteiger partial charge is 0.353 e. The minimum absolute atomic E-state index is 0.194. The van der Waals surface area contributed by atoms with Crippen LogP contribution >= 0.6 is 0 Å². The first kappa shape index (κ1) is 18.4. The standard InChI is InChI=1S/C17H35N3O/c1-14(2)5-6-15(3)19-17(21)13-20-11-8-16(9-12-20)7-10-18-4/h14-16,18H,5-13H2,1-4H3,(H,19,21). The van der Waals surface area contributed by atoms with E-state index in [4.69, 9.17) is 0 Å². The number of piperidine rings is 1. The smallest absolute Gasteiger partial charge is 0.234 e. The number of amides is 1. The van der Waals surface area contributed by atoms with Gasteiger partial charge in [0.2, 0.25) is 5.91 Å². The Morgan fingerprint density at radius 1 is 1.19 bits per heavy atom. The fourth-order valence-corrected chi connectivity index (χ4v) is 2.96. The summed E-state index contributed by atoms with van der Waals surface area (Å²) in [5.41, 5.74) is 0. The van der Waals surface area contributed by atoms with Crippen molar-refractivity contribution in [2.24, 2.45) is 11.8 Å². The number of hydrogen-bond acceptors (Lipinski definition) is 3. The Labute approximate surface area is 131 Å². The van der Waals surface area contributed by atoms with Crippen molar-refractivity contribution in [1.82, 2.24) is 15.5 Å². The van der Waals surface area contributed by atoms with Gasteiger partial charge in [0.25, 0.3) is 0 Å². The van der Waals surface area contributed by atoms with E-state index in [1.807, 2.05) is 7.05 Å². The second kappa shape index (κ2) is 10.2. The van der Waals surface area contributed by atoms with Crippen LogP contribution in [0.25, 0.3) is 0 Å². The molecule has 0 aliphatic carbocycles. The lowest BCUT2D eigenvalue weighted by molar-refractivity contribution is -0.123. The average Bonchev–Trinajstić information content (AvgIpc) is 2.44. The van der Waals surface area contributed by atoms with Gasteiger partial charge in [0.1, 0.15) is 0 Å². The van der Waals surface area contributed by atoms with Crippen molar-refractivity contribution >= 4 is 5.91 Å². The normalized spacial score (nSPS) is 18.9. The molecule has 0 bridgehead atoms. The second-order valence-corrected chi connectivity index (χ2v) is 7.05. The van der Waals surface area contributed by atoms with Crippen LogP contribution < -0.4 is 10.6 Å². The topological polar surface area (TPSA) is 44.4 Å². The van der Waals surface area contributed by atoms with E-state index in [1.54, 1.807) is 0 Å². The van der Waals surface area contributed by atoms with Gasteiger partial charge >= 0.3 is 0 Å². The fraction of sp³-hybridized carbons (Fsp3) is 0.941. The summed E-state index contributed by atoms with van der Waals surface area (Å²) in [6.45, 7) is 10.4. The molecule has 1 aliphatic rings.